The maximum atomic E-state index is 4.55. The number of benzene rings is 1. The highest BCUT2D eigenvalue weighted by molar-refractivity contribution is 5.74. The molecule has 2 aliphatic rings. The Bertz CT molecular complexity index is 671. The van der Waals surface area contributed by atoms with Gasteiger partial charge >= 0.3 is 0 Å². The van der Waals surface area contributed by atoms with Gasteiger partial charge in [-0.25, -0.2) is 0 Å². The summed E-state index contributed by atoms with van der Waals surface area (Å²) >= 11 is 0. The topological polar surface area (TPSA) is 0 Å². The quantitative estimate of drug-likeness (QED) is 0.423. The van der Waals surface area contributed by atoms with Crippen molar-refractivity contribution in [2.24, 2.45) is 23.7 Å². The van der Waals surface area contributed by atoms with Gasteiger partial charge in [0.25, 0.3) is 0 Å². The van der Waals surface area contributed by atoms with Crippen LogP contribution in [0.1, 0.15) is 45.6 Å². The van der Waals surface area contributed by atoms with Gasteiger partial charge in [-0.1, -0.05) is 79.3 Å². The minimum absolute atomic E-state index is 0.545. The molecule has 0 aliphatic heterocycles. The molecule has 0 bridgehead atoms. The van der Waals surface area contributed by atoms with Gasteiger partial charge < -0.3 is 0 Å². The lowest BCUT2D eigenvalue weighted by Gasteiger charge is -2.41. The predicted octanol–water partition coefficient (Wildman–Crippen LogP) is 6.83. The van der Waals surface area contributed by atoms with E-state index in [0.29, 0.717) is 17.8 Å². The van der Waals surface area contributed by atoms with E-state index >= 15 is 0 Å². The summed E-state index contributed by atoms with van der Waals surface area (Å²) < 4.78 is 0. The Balaban J connectivity index is 1.81. The molecule has 0 spiro atoms. The van der Waals surface area contributed by atoms with Crippen LogP contribution < -0.4 is 0 Å². The summed E-state index contributed by atoms with van der Waals surface area (Å²) in [5, 5.41) is 0. The highest BCUT2D eigenvalue weighted by Gasteiger charge is 2.35. The molecular weight excluding hydrogens is 288 g/mol. The van der Waals surface area contributed by atoms with Gasteiger partial charge in [0.15, 0.2) is 0 Å². The molecule has 2 aliphatic carbocycles. The molecule has 1 saturated carbocycles. The van der Waals surface area contributed by atoms with E-state index in [1.165, 1.54) is 41.5 Å². The van der Waals surface area contributed by atoms with Crippen LogP contribution in [0.15, 0.2) is 72.4 Å². The lowest BCUT2D eigenvalue weighted by atomic mass is 9.64. The fourth-order valence-corrected chi connectivity index (χ4v) is 4.48. The predicted molar refractivity (Wildman–Crippen MR) is 106 cm³/mol. The zero-order valence-corrected chi connectivity index (χ0v) is 15.3. The average Bonchev–Trinajstić information content (AvgIpc) is 2.61. The summed E-state index contributed by atoms with van der Waals surface area (Å²) in [5.74, 6) is 2.65. The smallest absolute Gasteiger partial charge is 0.000801 e. The first-order valence-corrected chi connectivity index (χ1v) is 9.37. The normalized spacial score (nSPS) is 31.0. The molecule has 0 nitrogen and oxygen atoms in total. The third-order valence-electron chi connectivity index (χ3n) is 5.89. The van der Waals surface area contributed by atoms with Crippen LogP contribution in [-0.2, 0) is 0 Å². The first-order valence-electron chi connectivity index (χ1n) is 9.37. The van der Waals surface area contributed by atoms with Gasteiger partial charge in [-0.3, -0.25) is 0 Å². The van der Waals surface area contributed by atoms with Crippen molar-refractivity contribution >= 4 is 5.57 Å². The van der Waals surface area contributed by atoms with Crippen molar-refractivity contribution in [1.29, 1.82) is 0 Å². The molecule has 3 rings (SSSR count). The van der Waals surface area contributed by atoms with Gasteiger partial charge in [0.1, 0.15) is 0 Å². The molecule has 0 radical (unpaired) electrons. The number of hydrogen-bond acceptors (Lipinski definition) is 0. The minimum Gasteiger partial charge on any atom is -0.0990 e. The SMILES string of the molecule is C=C1C(C(C)=CC(=CC)c2ccccc2)CCC2C=CC(C)CC12. The van der Waals surface area contributed by atoms with Crippen LogP contribution in [0.2, 0.25) is 0 Å². The van der Waals surface area contributed by atoms with Gasteiger partial charge in [0.2, 0.25) is 0 Å². The third-order valence-corrected chi connectivity index (χ3v) is 5.89. The van der Waals surface area contributed by atoms with Gasteiger partial charge in [-0.15, -0.1) is 0 Å². The van der Waals surface area contributed by atoms with Crippen LogP contribution in [0.5, 0.6) is 0 Å². The molecule has 4 unspecified atom stereocenters. The van der Waals surface area contributed by atoms with Crippen LogP contribution in [0.25, 0.3) is 5.57 Å². The molecule has 0 amide bonds. The zero-order chi connectivity index (χ0) is 17.1. The molecule has 1 aromatic carbocycles. The highest BCUT2D eigenvalue weighted by atomic mass is 14.4. The fourth-order valence-electron chi connectivity index (χ4n) is 4.48. The van der Waals surface area contributed by atoms with E-state index in [9.17, 15) is 0 Å². The van der Waals surface area contributed by atoms with Crippen LogP contribution in [-0.4, -0.2) is 0 Å². The molecule has 0 N–H and O–H groups in total. The summed E-state index contributed by atoms with van der Waals surface area (Å²) in [7, 11) is 0. The first-order chi connectivity index (χ1) is 11.6. The molecule has 0 heteroatoms. The van der Waals surface area contributed by atoms with Crippen molar-refractivity contribution in [3.63, 3.8) is 0 Å². The number of rotatable bonds is 3. The van der Waals surface area contributed by atoms with E-state index in [1.54, 1.807) is 0 Å². The van der Waals surface area contributed by atoms with Gasteiger partial charge in [0.05, 0.1) is 0 Å². The monoisotopic (exact) mass is 318 g/mol. The van der Waals surface area contributed by atoms with Crippen LogP contribution in [0.4, 0.5) is 0 Å². The van der Waals surface area contributed by atoms with Crippen LogP contribution in [0, 0.1) is 23.7 Å². The zero-order valence-electron chi connectivity index (χ0n) is 15.3. The Kier molecular flexibility index (Phi) is 5.23. The molecule has 126 valence electrons. The number of fused-ring (bicyclic) bond motifs is 1. The summed E-state index contributed by atoms with van der Waals surface area (Å²) in [5.41, 5.74) is 5.56. The van der Waals surface area contributed by atoms with E-state index in [2.05, 4.69) is 82.0 Å². The minimum atomic E-state index is 0.545. The van der Waals surface area contributed by atoms with Crippen LogP contribution in [0.3, 0.4) is 0 Å². The van der Waals surface area contributed by atoms with Gasteiger partial charge in [-0.05, 0) is 62.0 Å². The molecule has 1 aromatic rings. The molecule has 4 atom stereocenters. The lowest BCUT2D eigenvalue weighted by molar-refractivity contribution is 0.274. The van der Waals surface area contributed by atoms with Crippen molar-refractivity contribution < 1.29 is 0 Å². The Morgan fingerprint density at radius 1 is 1.12 bits per heavy atom. The third kappa shape index (κ3) is 3.48. The number of hydrogen-bond donors (Lipinski definition) is 0. The van der Waals surface area contributed by atoms with Gasteiger partial charge in [0, 0.05) is 5.92 Å². The van der Waals surface area contributed by atoms with E-state index in [4.69, 9.17) is 0 Å². The summed E-state index contributed by atoms with van der Waals surface area (Å²) in [6, 6.07) is 10.7. The molecule has 1 fully saturated rings. The number of allylic oxidation sites excluding steroid dienone is 7. The van der Waals surface area contributed by atoms with E-state index in [-0.39, 0.29) is 0 Å². The Morgan fingerprint density at radius 2 is 1.88 bits per heavy atom. The second-order valence-corrected chi connectivity index (χ2v) is 7.57. The van der Waals surface area contributed by atoms with Crippen molar-refractivity contribution in [3.8, 4) is 0 Å². The Morgan fingerprint density at radius 3 is 2.58 bits per heavy atom. The van der Waals surface area contributed by atoms with Crippen molar-refractivity contribution in [3.05, 3.63) is 77.9 Å². The lowest BCUT2D eigenvalue weighted by Crippen LogP contribution is -2.30. The summed E-state index contributed by atoms with van der Waals surface area (Å²) in [4.78, 5) is 0. The Labute approximate surface area is 147 Å². The van der Waals surface area contributed by atoms with Crippen molar-refractivity contribution in [2.45, 2.75) is 40.0 Å². The second kappa shape index (κ2) is 7.38. The summed E-state index contributed by atoms with van der Waals surface area (Å²) in [6.07, 6.45) is 13.3. The van der Waals surface area contributed by atoms with E-state index in [0.717, 1.165) is 5.92 Å². The molecule has 24 heavy (non-hydrogen) atoms. The van der Waals surface area contributed by atoms with Crippen molar-refractivity contribution in [1.82, 2.24) is 0 Å². The van der Waals surface area contributed by atoms with E-state index in [1.807, 2.05) is 0 Å². The van der Waals surface area contributed by atoms with Crippen LogP contribution >= 0.6 is 0 Å². The van der Waals surface area contributed by atoms with Gasteiger partial charge in [-0.2, -0.15) is 0 Å². The summed E-state index contributed by atoms with van der Waals surface area (Å²) in [6.45, 7) is 11.3. The molecule has 0 aromatic heterocycles. The largest absolute Gasteiger partial charge is 0.0990 e. The molecule has 0 heterocycles. The second-order valence-electron chi connectivity index (χ2n) is 7.57. The maximum Gasteiger partial charge on any atom is 0.000801 e. The average molecular weight is 319 g/mol. The highest BCUT2D eigenvalue weighted by Crippen LogP contribution is 2.46. The Hall–Kier alpha value is -1.82. The molecule has 0 saturated heterocycles. The first kappa shape index (κ1) is 17.0. The molecular formula is C24H30. The standard InChI is InChI=1S/C24H30/c1-5-20(21-9-7-6-8-10-21)16-18(3)23-14-13-22-12-11-17(2)15-24(22)19(23)4/h5-12,16-17,22-24H,4,13-15H2,1-3H3. The fraction of sp³-hybridized carbons (Fsp3) is 0.417. The maximum absolute atomic E-state index is 4.55. The van der Waals surface area contributed by atoms with E-state index < -0.39 is 0 Å². The van der Waals surface area contributed by atoms with Crippen molar-refractivity contribution in [2.75, 3.05) is 0 Å².